The van der Waals surface area contributed by atoms with Crippen molar-refractivity contribution in [2.75, 3.05) is 25.6 Å². The van der Waals surface area contributed by atoms with Gasteiger partial charge in [0.15, 0.2) is 10.8 Å². The highest BCUT2D eigenvalue weighted by Gasteiger charge is 2.20. The van der Waals surface area contributed by atoms with Crippen LogP contribution in [0.1, 0.15) is 34.8 Å². The van der Waals surface area contributed by atoms with Crippen molar-refractivity contribution in [3.63, 3.8) is 0 Å². The maximum Gasteiger partial charge on any atom is 0.360 e. The van der Waals surface area contributed by atoms with E-state index in [1.54, 1.807) is 12.1 Å². The lowest BCUT2D eigenvalue weighted by Gasteiger charge is -2.23. The Hall–Kier alpha value is -2.25. The zero-order chi connectivity index (χ0) is 17.8. The van der Waals surface area contributed by atoms with E-state index in [2.05, 4.69) is 20.3 Å². The molecule has 1 aromatic carbocycles. The summed E-state index contributed by atoms with van der Waals surface area (Å²) in [5.41, 5.74) is 1.42. The number of rotatable bonds is 4. The summed E-state index contributed by atoms with van der Waals surface area (Å²) in [7, 11) is 1.24. The number of carbonyl (C=O) groups is 1. The summed E-state index contributed by atoms with van der Waals surface area (Å²) >= 11 is 5.84. The first-order valence-corrected chi connectivity index (χ1v) is 8.22. The summed E-state index contributed by atoms with van der Waals surface area (Å²) in [5.74, 6) is -0.805. The standard InChI is InChI=1S/C17H17ClFN3O3/c1-24-17(23)16-14(9-15(18)21-22-16)20-11-2-3-12(13(19)8-11)10-4-6-25-7-5-10/h2-3,8-10H,4-7H2,1H3,(H,20,21). The van der Waals surface area contributed by atoms with Gasteiger partial charge in [-0.1, -0.05) is 17.7 Å². The third-order valence-electron chi connectivity index (χ3n) is 4.08. The van der Waals surface area contributed by atoms with Gasteiger partial charge in [0.2, 0.25) is 0 Å². The number of carbonyl (C=O) groups excluding carboxylic acids is 1. The van der Waals surface area contributed by atoms with E-state index in [0.717, 1.165) is 12.8 Å². The smallest absolute Gasteiger partial charge is 0.360 e. The number of hydrogen-bond acceptors (Lipinski definition) is 6. The lowest BCUT2D eigenvalue weighted by Crippen LogP contribution is -2.15. The molecule has 132 valence electrons. The summed E-state index contributed by atoms with van der Waals surface area (Å²) in [6, 6.07) is 6.33. The van der Waals surface area contributed by atoms with Crippen LogP contribution in [-0.2, 0) is 9.47 Å². The predicted octanol–water partition coefficient (Wildman–Crippen LogP) is 3.69. The first kappa shape index (κ1) is 17.6. The maximum atomic E-state index is 14.5. The molecule has 1 fully saturated rings. The molecule has 2 heterocycles. The van der Waals surface area contributed by atoms with Gasteiger partial charge in [-0.05, 0) is 36.5 Å². The fourth-order valence-electron chi connectivity index (χ4n) is 2.81. The lowest BCUT2D eigenvalue weighted by molar-refractivity contribution is 0.0594. The number of hydrogen-bond donors (Lipinski definition) is 1. The molecule has 25 heavy (non-hydrogen) atoms. The van der Waals surface area contributed by atoms with Crippen LogP contribution in [0.25, 0.3) is 0 Å². The molecule has 6 nitrogen and oxygen atoms in total. The highest BCUT2D eigenvalue weighted by atomic mass is 35.5. The summed E-state index contributed by atoms with van der Waals surface area (Å²) in [6.07, 6.45) is 1.61. The van der Waals surface area contributed by atoms with Crippen LogP contribution < -0.4 is 5.32 Å². The molecule has 3 rings (SSSR count). The molecule has 2 aromatic rings. The van der Waals surface area contributed by atoms with Crippen molar-refractivity contribution in [1.82, 2.24) is 10.2 Å². The Morgan fingerprint density at radius 1 is 1.32 bits per heavy atom. The van der Waals surface area contributed by atoms with E-state index in [9.17, 15) is 9.18 Å². The normalized spacial score (nSPS) is 15.0. The Balaban J connectivity index is 1.85. The SMILES string of the molecule is COC(=O)c1nnc(Cl)cc1Nc1ccc(C2CCOCC2)c(F)c1. The van der Waals surface area contributed by atoms with Gasteiger partial charge in [-0.3, -0.25) is 0 Å². The second-order valence-electron chi connectivity index (χ2n) is 5.67. The molecule has 0 saturated carbocycles. The zero-order valence-electron chi connectivity index (χ0n) is 13.6. The molecule has 8 heteroatoms. The van der Waals surface area contributed by atoms with E-state index in [4.69, 9.17) is 16.3 Å². The minimum atomic E-state index is -0.661. The summed E-state index contributed by atoms with van der Waals surface area (Å²) in [6.45, 7) is 1.29. The number of methoxy groups -OCH3 is 1. The number of esters is 1. The second kappa shape index (κ2) is 7.76. The van der Waals surface area contributed by atoms with E-state index in [1.807, 2.05) is 0 Å². The van der Waals surface area contributed by atoms with E-state index in [0.29, 0.717) is 30.2 Å². The molecule has 0 radical (unpaired) electrons. The molecule has 0 aliphatic carbocycles. The van der Waals surface area contributed by atoms with Crippen molar-refractivity contribution in [1.29, 1.82) is 0 Å². The third-order valence-corrected chi connectivity index (χ3v) is 4.27. The number of anilines is 2. The van der Waals surface area contributed by atoms with Gasteiger partial charge in [0, 0.05) is 25.0 Å². The second-order valence-corrected chi connectivity index (χ2v) is 6.06. The minimum Gasteiger partial charge on any atom is -0.464 e. The molecule has 0 amide bonds. The molecule has 0 bridgehead atoms. The number of ether oxygens (including phenoxy) is 2. The Morgan fingerprint density at radius 3 is 2.76 bits per heavy atom. The Morgan fingerprint density at radius 2 is 2.08 bits per heavy atom. The van der Waals surface area contributed by atoms with Crippen molar-refractivity contribution in [3.8, 4) is 0 Å². The van der Waals surface area contributed by atoms with Crippen LogP contribution >= 0.6 is 11.6 Å². The molecule has 0 spiro atoms. The van der Waals surface area contributed by atoms with Crippen molar-refractivity contribution < 1.29 is 18.7 Å². The van der Waals surface area contributed by atoms with E-state index in [-0.39, 0.29) is 22.6 Å². The number of nitrogens with one attached hydrogen (secondary N) is 1. The van der Waals surface area contributed by atoms with E-state index in [1.165, 1.54) is 19.2 Å². The van der Waals surface area contributed by atoms with E-state index >= 15 is 0 Å². The largest absolute Gasteiger partial charge is 0.464 e. The van der Waals surface area contributed by atoms with E-state index < -0.39 is 5.97 Å². The average molecular weight is 366 g/mol. The Bertz CT molecular complexity index is 782. The summed E-state index contributed by atoms with van der Waals surface area (Å²) < 4.78 is 24.5. The van der Waals surface area contributed by atoms with Gasteiger partial charge in [-0.2, -0.15) is 0 Å². The third kappa shape index (κ3) is 4.05. The lowest BCUT2D eigenvalue weighted by atomic mass is 9.91. The first-order valence-electron chi connectivity index (χ1n) is 7.84. The summed E-state index contributed by atoms with van der Waals surface area (Å²) in [4.78, 5) is 11.8. The minimum absolute atomic E-state index is 0.0270. The zero-order valence-corrected chi connectivity index (χ0v) is 14.3. The Labute approximate surface area is 149 Å². The fourth-order valence-corrected chi connectivity index (χ4v) is 2.96. The van der Waals surface area contributed by atoms with Crippen LogP contribution in [0.15, 0.2) is 24.3 Å². The molecule has 0 atom stereocenters. The molecule has 1 aliphatic rings. The van der Waals surface area contributed by atoms with Gasteiger partial charge in [0.1, 0.15) is 5.82 Å². The average Bonchev–Trinajstić information content (AvgIpc) is 2.62. The van der Waals surface area contributed by atoms with Crippen LogP contribution in [0.2, 0.25) is 5.15 Å². The number of benzene rings is 1. The molecule has 1 N–H and O–H groups in total. The van der Waals surface area contributed by atoms with Crippen molar-refractivity contribution in [2.24, 2.45) is 0 Å². The quantitative estimate of drug-likeness (QED) is 0.833. The van der Waals surface area contributed by atoms with Gasteiger partial charge in [-0.15, -0.1) is 10.2 Å². The summed E-state index contributed by atoms with van der Waals surface area (Å²) in [5, 5.41) is 10.4. The van der Waals surface area contributed by atoms with Crippen molar-refractivity contribution in [3.05, 3.63) is 46.5 Å². The number of nitrogens with zero attached hydrogens (tertiary/aromatic N) is 2. The molecular weight excluding hydrogens is 349 g/mol. The van der Waals surface area contributed by atoms with Crippen molar-refractivity contribution in [2.45, 2.75) is 18.8 Å². The van der Waals surface area contributed by atoms with Crippen LogP contribution in [-0.4, -0.2) is 36.5 Å². The van der Waals surface area contributed by atoms with Gasteiger partial charge in [0.25, 0.3) is 0 Å². The first-order chi connectivity index (χ1) is 12.1. The predicted molar refractivity (Wildman–Crippen MR) is 90.9 cm³/mol. The highest BCUT2D eigenvalue weighted by Crippen LogP contribution is 2.31. The van der Waals surface area contributed by atoms with Gasteiger partial charge < -0.3 is 14.8 Å². The fraction of sp³-hybridized carbons (Fsp3) is 0.353. The van der Waals surface area contributed by atoms with Gasteiger partial charge >= 0.3 is 5.97 Å². The number of halogens is 2. The number of aromatic nitrogens is 2. The molecular formula is C17H17ClFN3O3. The Kier molecular flexibility index (Phi) is 5.45. The van der Waals surface area contributed by atoms with Crippen LogP contribution in [0.5, 0.6) is 0 Å². The van der Waals surface area contributed by atoms with Gasteiger partial charge in [0.05, 0.1) is 12.8 Å². The van der Waals surface area contributed by atoms with Crippen LogP contribution in [0.3, 0.4) is 0 Å². The van der Waals surface area contributed by atoms with Crippen molar-refractivity contribution >= 4 is 28.9 Å². The molecule has 1 aliphatic heterocycles. The molecule has 1 saturated heterocycles. The molecule has 1 aromatic heterocycles. The monoisotopic (exact) mass is 365 g/mol. The van der Waals surface area contributed by atoms with Gasteiger partial charge in [-0.25, -0.2) is 9.18 Å². The maximum absolute atomic E-state index is 14.5. The molecule has 0 unspecified atom stereocenters. The highest BCUT2D eigenvalue weighted by molar-refractivity contribution is 6.29. The topological polar surface area (TPSA) is 73.3 Å². The van der Waals surface area contributed by atoms with Crippen LogP contribution in [0.4, 0.5) is 15.8 Å². The van der Waals surface area contributed by atoms with Crippen LogP contribution in [0, 0.1) is 5.82 Å².